The van der Waals surface area contributed by atoms with Crippen molar-refractivity contribution in [1.29, 1.82) is 0 Å². The molecule has 0 unspecified atom stereocenters. The van der Waals surface area contributed by atoms with Crippen molar-refractivity contribution in [2.45, 2.75) is 25.0 Å². The Morgan fingerprint density at radius 2 is 2.22 bits per heavy atom. The van der Waals surface area contributed by atoms with Gasteiger partial charge in [0.2, 0.25) is 0 Å². The van der Waals surface area contributed by atoms with E-state index in [1.165, 1.54) is 0 Å². The van der Waals surface area contributed by atoms with Gasteiger partial charge in [0.1, 0.15) is 17.7 Å². The number of rotatable bonds is 6. The summed E-state index contributed by atoms with van der Waals surface area (Å²) in [4.78, 5) is 6.38. The molecule has 2 aliphatic rings. The first kappa shape index (κ1) is 16.6. The number of ether oxygens (including phenoxy) is 2. The van der Waals surface area contributed by atoms with Gasteiger partial charge in [-0.05, 0) is 42.5 Å². The van der Waals surface area contributed by atoms with Crippen LogP contribution in [0.4, 0.5) is 5.82 Å². The second kappa shape index (κ2) is 6.86. The van der Waals surface area contributed by atoms with Crippen LogP contribution in [0.15, 0.2) is 43.0 Å². The van der Waals surface area contributed by atoms with Crippen molar-refractivity contribution in [3.63, 3.8) is 0 Å². The molecule has 140 valence electrons. The summed E-state index contributed by atoms with van der Waals surface area (Å²) in [6, 6.07) is 7.92. The zero-order chi connectivity index (χ0) is 18.1. The summed E-state index contributed by atoms with van der Waals surface area (Å²) >= 11 is 0. The second-order valence-corrected chi connectivity index (χ2v) is 7.28. The third kappa shape index (κ3) is 3.15. The Morgan fingerprint density at radius 1 is 1.26 bits per heavy atom. The van der Waals surface area contributed by atoms with Crippen LogP contribution in [-0.2, 0) is 16.1 Å². The summed E-state index contributed by atoms with van der Waals surface area (Å²) in [5.41, 5.74) is 1.82. The van der Waals surface area contributed by atoms with Crippen molar-refractivity contribution in [3.8, 4) is 0 Å². The summed E-state index contributed by atoms with van der Waals surface area (Å²) in [7, 11) is 0. The number of aromatic nitrogens is 5. The predicted octanol–water partition coefficient (Wildman–Crippen LogP) is 1.72. The number of nitrogens with zero attached hydrogens (tertiary/aromatic N) is 6. The fourth-order valence-electron chi connectivity index (χ4n) is 4.09. The van der Waals surface area contributed by atoms with E-state index in [1.54, 1.807) is 17.0 Å². The van der Waals surface area contributed by atoms with Crippen molar-refractivity contribution in [2.24, 2.45) is 5.92 Å². The Morgan fingerprint density at radius 3 is 3.11 bits per heavy atom. The Hall–Kier alpha value is -2.58. The van der Waals surface area contributed by atoms with E-state index in [1.807, 2.05) is 30.5 Å². The Kier molecular flexibility index (Phi) is 4.21. The van der Waals surface area contributed by atoms with Crippen molar-refractivity contribution in [2.75, 3.05) is 31.2 Å². The molecule has 1 atom stereocenters. The fourth-order valence-corrected chi connectivity index (χ4v) is 4.09. The third-order valence-corrected chi connectivity index (χ3v) is 5.59. The molecule has 0 bridgehead atoms. The second-order valence-electron chi connectivity index (χ2n) is 7.28. The molecule has 0 aliphatic carbocycles. The highest BCUT2D eigenvalue weighted by atomic mass is 16.5. The lowest BCUT2D eigenvalue weighted by atomic mass is 9.79. The van der Waals surface area contributed by atoms with Gasteiger partial charge in [-0.2, -0.15) is 4.52 Å². The van der Waals surface area contributed by atoms with E-state index >= 15 is 0 Å². The van der Waals surface area contributed by atoms with Gasteiger partial charge in [0, 0.05) is 25.6 Å². The highest BCUT2D eigenvalue weighted by molar-refractivity contribution is 5.48. The third-order valence-electron chi connectivity index (χ3n) is 5.59. The first-order valence-corrected chi connectivity index (χ1v) is 9.35. The lowest BCUT2D eigenvalue weighted by Crippen LogP contribution is -2.65. The molecule has 0 N–H and O–H groups in total. The fraction of sp³-hybridized carbons (Fsp3) is 0.474. The van der Waals surface area contributed by atoms with E-state index < -0.39 is 0 Å². The van der Waals surface area contributed by atoms with Crippen molar-refractivity contribution >= 4 is 11.5 Å². The van der Waals surface area contributed by atoms with E-state index in [-0.39, 0.29) is 5.60 Å². The standard InChI is InChI=1S/C19H22N6O2/c1-2-15(10-20-7-1)11-26-8-5-16-6-9-27-19(16)12-24(13-19)18-4-3-17-22-21-14-25(17)23-18/h1-4,7,10,14,16H,5-6,8-9,11-13H2/t16-/m1/s1. The zero-order valence-corrected chi connectivity index (χ0v) is 15.1. The molecule has 3 aromatic rings. The molecule has 0 saturated carbocycles. The molecule has 5 rings (SSSR count). The molecule has 1 spiro atoms. The van der Waals surface area contributed by atoms with E-state index in [0.717, 1.165) is 56.2 Å². The molecule has 2 saturated heterocycles. The minimum absolute atomic E-state index is 0.0541. The normalized spacial score (nSPS) is 21.0. The monoisotopic (exact) mass is 366 g/mol. The molecular weight excluding hydrogens is 344 g/mol. The smallest absolute Gasteiger partial charge is 0.177 e. The van der Waals surface area contributed by atoms with Gasteiger partial charge in [0.15, 0.2) is 5.65 Å². The summed E-state index contributed by atoms with van der Waals surface area (Å²) in [5.74, 6) is 1.47. The Labute approximate surface area is 157 Å². The average Bonchev–Trinajstić information content (AvgIpc) is 3.31. The van der Waals surface area contributed by atoms with E-state index in [9.17, 15) is 0 Å². The van der Waals surface area contributed by atoms with Crippen LogP contribution >= 0.6 is 0 Å². The van der Waals surface area contributed by atoms with Gasteiger partial charge in [-0.1, -0.05) is 6.07 Å². The molecule has 27 heavy (non-hydrogen) atoms. The SMILES string of the molecule is c1cncc(COCC[C@@H]2CCOC23CN(c2ccc4nncn4n2)C3)c1. The van der Waals surface area contributed by atoms with E-state index in [4.69, 9.17) is 9.47 Å². The number of hydrogen-bond acceptors (Lipinski definition) is 7. The maximum Gasteiger partial charge on any atom is 0.177 e. The molecule has 8 heteroatoms. The van der Waals surface area contributed by atoms with E-state index in [2.05, 4.69) is 25.2 Å². The molecule has 2 aliphatic heterocycles. The maximum absolute atomic E-state index is 6.16. The predicted molar refractivity (Wildman–Crippen MR) is 98.3 cm³/mol. The first-order chi connectivity index (χ1) is 13.3. The van der Waals surface area contributed by atoms with Gasteiger partial charge in [-0.3, -0.25) is 4.98 Å². The van der Waals surface area contributed by atoms with Crippen molar-refractivity contribution in [1.82, 2.24) is 24.8 Å². The largest absolute Gasteiger partial charge is 0.377 e. The Bertz CT molecular complexity index is 909. The van der Waals surface area contributed by atoms with Gasteiger partial charge in [0.05, 0.1) is 19.7 Å². The number of fused-ring (bicyclic) bond motifs is 1. The van der Waals surface area contributed by atoms with Crippen LogP contribution in [0.1, 0.15) is 18.4 Å². The van der Waals surface area contributed by atoms with Crippen LogP contribution in [0.25, 0.3) is 5.65 Å². The molecule has 0 radical (unpaired) electrons. The Balaban J connectivity index is 1.16. The maximum atomic E-state index is 6.16. The molecule has 0 aromatic carbocycles. The number of anilines is 1. The summed E-state index contributed by atoms with van der Waals surface area (Å²) in [5, 5.41) is 12.5. The minimum atomic E-state index is -0.0541. The highest BCUT2D eigenvalue weighted by Gasteiger charge is 2.53. The van der Waals surface area contributed by atoms with Crippen molar-refractivity contribution in [3.05, 3.63) is 48.5 Å². The zero-order valence-electron chi connectivity index (χ0n) is 15.1. The molecule has 2 fully saturated rings. The topological polar surface area (TPSA) is 77.7 Å². The molecular formula is C19H22N6O2. The molecule has 8 nitrogen and oxygen atoms in total. The lowest BCUT2D eigenvalue weighted by Gasteiger charge is -2.50. The van der Waals surface area contributed by atoms with Crippen LogP contribution in [0, 0.1) is 5.92 Å². The van der Waals surface area contributed by atoms with Gasteiger partial charge in [-0.25, -0.2) is 0 Å². The minimum Gasteiger partial charge on any atom is -0.377 e. The van der Waals surface area contributed by atoms with Crippen LogP contribution in [-0.4, -0.2) is 56.7 Å². The molecule has 3 aromatic heterocycles. The van der Waals surface area contributed by atoms with Crippen LogP contribution in [0.5, 0.6) is 0 Å². The quantitative estimate of drug-likeness (QED) is 0.615. The van der Waals surface area contributed by atoms with E-state index in [0.29, 0.717) is 12.5 Å². The summed E-state index contributed by atoms with van der Waals surface area (Å²) in [6.07, 6.45) is 7.38. The van der Waals surface area contributed by atoms with Crippen LogP contribution in [0.3, 0.4) is 0 Å². The summed E-state index contributed by atoms with van der Waals surface area (Å²) in [6.45, 7) is 3.94. The van der Waals surface area contributed by atoms with Gasteiger partial charge < -0.3 is 14.4 Å². The van der Waals surface area contributed by atoms with Gasteiger partial charge >= 0.3 is 0 Å². The molecule has 0 amide bonds. The highest BCUT2D eigenvalue weighted by Crippen LogP contribution is 2.42. The molecule has 5 heterocycles. The van der Waals surface area contributed by atoms with Gasteiger partial charge in [-0.15, -0.1) is 15.3 Å². The number of hydrogen-bond donors (Lipinski definition) is 0. The average molecular weight is 366 g/mol. The first-order valence-electron chi connectivity index (χ1n) is 9.35. The van der Waals surface area contributed by atoms with Gasteiger partial charge in [0.25, 0.3) is 0 Å². The van der Waals surface area contributed by atoms with Crippen LogP contribution in [0.2, 0.25) is 0 Å². The lowest BCUT2D eigenvalue weighted by molar-refractivity contribution is -0.0512. The summed E-state index contributed by atoms with van der Waals surface area (Å²) < 4.78 is 13.7. The number of pyridine rings is 1. The van der Waals surface area contributed by atoms with Crippen LogP contribution < -0.4 is 4.90 Å². The van der Waals surface area contributed by atoms with Crippen molar-refractivity contribution < 1.29 is 9.47 Å².